The fourth-order valence-corrected chi connectivity index (χ4v) is 4.06. The molecule has 0 aliphatic rings. The molecule has 0 saturated carbocycles. The second-order valence-corrected chi connectivity index (χ2v) is 7.99. The summed E-state index contributed by atoms with van der Waals surface area (Å²) in [6, 6.07) is 9.91. The number of sulfonamides is 1. The highest BCUT2D eigenvalue weighted by atomic mass is 35.5. The third-order valence-corrected chi connectivity index (χ3v) is 5.87. The predicted octanol–water partition coefficient (Wildman–Crippen LogP) is 2.98. The molecule has 114 valence electrons. The van der Waals surface area contributed by atoms with Crippen LogP contribution in [0.15, 0.2) is 41.3 Å². The lowest BCUT2D eigenvalue weighted by molar-refractivity contribution is 0.203. The Morgan fingerprint density at radius 1 is 1.33 bits per heavy atom. The van der Waals surface area contributed by atoms with E-state index in [4.69, 9.17) is 11.6 Å². The van der Waals surface area contributed by atoms with E-state index in [1.807, 2.05) is 12.1 Å². The van der Waals surface area contributed by atoms with Crippen molar-refractivity contribution in [2.45, 2.75) is 24.3 Å². The number of thiophene rings is 1. The van der Waals surface area contributed by atoms with Gasteiger partial charge in [0, 0.05) is 21.3 Å². The lowest BCUT2D eigenvalue weighted by Gasteiger charge is -2.06. The molecule has 1 aromatic carbocycles. The summed E-state index contributed by atoms with van der Waals surface area (Å²) in [4.78, 5) is 2.06. The minimum absolute atomic E-state index is 0.158. The van der Waals surface area contributed by atoms with E-state index in [2.05, 4.69) is 4.72 Å². The molecule has 1 heterocycles. The zero-order valence-corrected chi connectivity index (χ0v) is 13.8. The summed E-state index contributed by atoms with van der Waals surface area (Å²) in [5.74, 6) is 0. The van der Waals surface area contributed by atoms with Gasteiger partial charge in [-0.05, 0) is 43.7 Å². The van der Waals surface area contributed by atoms with Crippen molar-refractivity contribution in [1.29, 1.82) is 0 Å². The molecule has 0 amide bonds. The van der Waals surface area contributed by atoms with E-state index in [0.717, 1.165) is 9.75 Å². The summed E-state index contributed by atoms with van der Waals surface area (Å²) in [5.41, 5.74) is 0. The molecule has 0 spiro atoms. The standard InChI is InChI=1S/C14H16ClNO3S2/c1-10(17)14-6-5-12(20-14)7-8-16-21(18,19)13-4-2-3-11(15)9-13/h2-6,9-10,16-17H,7-8H2,1H3/t10-/m0/s1. The van der Waals surface area contributed by atoms with Crippen molar-refractivity contribution in [2.24, 2.45) is 0 Å². The SMILES string of the molecule is C[C@H](O)c1ccc(CCNS(=O)(=O)c2cccc(Cl)c2)s1. The summed E-state index contributed by atoms with van der Waals surface area (Å²) >= 11 is 7.28. The Hall–Kier alpha value is -0.920. The number of aliphatic hydroxyl groups is 1. The molecule has 4 nitrogen and oxygen atoms in total. The molecule has 0 saturated heterocycles. The van der Waals surface area contributed by atoms with Crippen molar-refractivity contribution in [3.05, 3.63) is 51.2 Å². The minimum Gasteiger partial charge on any atom is -0.388 e. The van der Waals surface area contributed by atoms with Gasteiger partial charge in [0.05, 0.1) is 11.0 Å². The molecular formula is C14H16ClNO3S2. The predicted molar refractivity (Wildman–Crippen MR) is 85.3 cm³/mol. The fraction of sp³-hybridized carbons (Fsp3) is 0.286. The van der Waals surface area contributed by atoms with E-state index in [9.17, 15) is 13.5 Å². The second-order valence-electron chi connectivity index (χ2n) is 4.59. The van der Waals surface area contributed by atoms with Gasteiger partial charge in [0.2, 0.25) is 10.0 Å². The van der Waals surface area contributed by atoms with Crippen LogP contribution in [0.1, 0.15) is 22.8 Å². The van der Waals surface area contributed by atoms with Gasteiger partial charge in [-0.25, -0.2) is 13.1 Å². The van der Waals surface area contributed by atoms with Gasteiger partial charge >= 0.3 is 0 Å². The van der Waals surface area contributed by atoms with Gasteiger partial charge in [0.15, 0.2) is 0 Å². The minimum atomic E-state index is -3.54. The van der Waals surface area contributed by atoms with Gasteiger partial charge in [-0.15, -0.1) is 11.3 Å². The maximum atomic E-state index is 12.1. The summed E-state index contributed by atoms with van der Waals surface area (Å²) < 4.78 is 26.7. The first kappa shape index (κ1) is 16.5. The summed E-state index contributed by atoms with van der Waals surface area (Å²) in [5, 5.41) is 9.84. The Morgan fingerprint density at radius 2 is 2.10 bits per heavy atom. The lowest BCUT2D eigenvalue weighted by Crippen LogP contribution is -2.25. The Balaban J connectivity index is 1.96. The average Bonchev–Trinajstić information content (AvgIpc) is 2.87. The van der Waals surface area contributed by atoms with E-state index in [1.165, 1.54) is 23.5 Å². The van der Waals surface area contributed by atoms with Crippen LogP contribution in [-0.4, -0.2) is 20.1 Å². The molecule has 7 heteroatoms. The van der Waals surface area contributed by atoms with Crippen molar-refractivity contribution < 1.29 is 13.5 Å². The maximum Gasteiger partial charge on any atom is 0.240 e. The molecule has 0 bridgehead atoms. The summed E-state index contributed by atoms with van der Waals surface area (Å²) in [7, 11) is -3.54. The number of aliphatic hydroxyl groups excluding tert-OH is 1. The first-order chi connectivity index (χ1) is 9.88. The van der Waals surface area contributed by atoms with Crippen LogP contribution in [0, 0.1) is 0 Å². The van der Waals surface area contributed by atoms with Crippen molar-refractivity contribution in [2.75, 3.05) is 6.54 Å². The molecule has 0 aliphatic carbocycles. The highest BCUT2D eigenvalue weighted by Gasteiger charge is 2.14. The molecule has 21 heavy (non-hydrogen) atoms. The number of hydrogen-bond acceptors (Lipinski definition) is 4. The Labute approximate surface area is 133 Å². The zero-order valence-electron chi connectivity index (χ0n) is 11.4. The molecule has 0 aliphatic heterocycles. The first-order valence-corrected chi connectivity index (χ1v) is 9.08. The number of nitrogens with one attached hydrogen (secondary N) is 1. The van der Waals surface area contributed by atoms with E-state index in [-0.39, 0.29) is 4.90 Å². The molecule has 1 atom stereocenters. The van der Waals surface area contributed by atoms with Crippen LogP contribution >= 0.6 is 22.9 Å². The smallest absolute Gasteiger partial charge is 0.240 e. The van der Waals surface area contributed by atoms with Crippen LogP contribution in [0.5, 0.6) is 0 Å². The van der Waals surface area contributed by atoms with Gasteiger partial charge in [0.25, 0.3) is 0 Å². The van der Waals surface area contributed by atoms with E-state index in [1.54, 1.807) is 19.1 Å². The molecule has 0 unspecified atom stereocenters. The molecule has 1 aromatic heterocycles. The summed E-state index contributed by atoms with van der Waals surface area (Å²) in [6.45, 7) is 2.01. The largest absolute Gasteiger partial charge is 0.388 e. The van der Waals surface area contributed by atoms with Crippen molar-refractivity contribution in [3.8, 4) is 0 Å². The lowest BCUT2D eigenvalue weighted by atomic mass is 10.3. The number of hydrogen-bond donors (Lipinski definition) is 2. The van der Waals surface area contributed by atoms with E-state index >= 15 is 0 Å². The average molecular weight is 346 g/mol. The van der Waals surface area contributed by atoms with Crippen LogP contribution in [-0.2, 0) is 16.4 Å². The van der Waals surface area contributed by atoms with Gasteiger partial charge in [0.1, 0.15) is 0 Å². The first-order valence-electron chi connectivity index (χ1n) is 6.40. The van der Waals surface area contributed by atoms with E-state index in [0.29, 0.717) is 18.0 Å². The highest BCUT2D eigenvalue weighted by Crippen LogP contribution is 2.23. The van der Waals surface area contributed by atoms with Gasteiger partial charge in [-0.1, -0.05) is 17.7 Å². The second kappa shape index (κ2) is 6.89. The Bertz CT molecular complexity index is 711. The van der Waals surface area contributed by atoms with E-state index < -0.39 is 16.1 Å². The number of rotatable bonds is 6. The van der Waals surface area contributed by atoms with Crippen molar-refractivity contribution >= 4 is 33.0 Å². The molecule has 0 radical (unpaired) electrons. The monoisotopic (exact) mass is 345 g/mol. The molecule has 0 fully saturated rings. The third-order valence-electron chi connectivity index (χ3n) is 2.86. The molecule has 2 aromatic rings. The van der Waals surface area contributed by atoms with Crippen LogP contribution in [0.4, 0.5) is 0 Å². The zero-order chi connectivity index (χ0) is 15.5. The Kier molecular flexibility index (Phi) is 5.40. The van der Waals surface area contributed by atoms with Crippen molar-refractivity contribution in [3.63, 3.8) is 0 Å². The molecular weight excluding hydrogens is 330 g/mol. The van der Waals surface area contributed by atoms with Crippen LogP contribution < -0.4 is 4.72 Å². The fourth-order valence-electron chi connectivity index (χ4n) is 1.78. The molecule has 2 rings (SSSR count). The Morgan fingerprint density at radius 3 is 2.71 bits per heavy atom. The van der Waals surface area contributed by atoms with Crippen LogP contribution in [0.2, 0.25) is 5.02 Å². The number of halogens is 1. The quantitative estimate of drug-likeness (QED) is 0.845. The molecule has 2 N–H and O–H groups in total. The highest BCUT2D eigenvalue weighted by molar-refractivity contribution is 7.89. The topological polar surface area (TPSA) is 66.4 Å². The van der Waals surface area contributed by atoms with Gasteiger partial charge < -0.3 is 5.11 Å². The van der Waals surface area contributed by atoms with Crippen molar-refractivity contribution in [1.82, 2.24) is 4.72 Å². The van der Waals surface area contributed by atoms with Crippen LogP contribution in [0.25, 0.3) is 0 Å². The maximum absolute atomic E-state index is 12.1. The normalized spacial score (nSPS) is 13.3. The summed E-state index contributed by atoms with van der Waals surface area (Å²) in [6.07, 6.45) is 0.0869. The third kappa shape index (κ3) is 4.52. The number of benzene rings is 1. The van der Waals surface area contributed by atoms with Crippen LogP contribution in [0.3, 0.4) is 0 Å². The van der Waals surface area contributed by atoms with Gasteiger partial charge in [-0.3, -0.25) is 0 Å². The van der Waals surface area contributed by atoms with Gasteiger partial charge in [-0.2, -0.15) is 0 Å².